The largest absolute Gasteiger partial charge is 0.494 e. The average molecular weight is 221 g/mol. The Bertz CT molecular complexity index is 360. The molecule has 0 saturated carbocycles. The van der Waals surface area contributed by atoms with Crippen LogP contribution in [0.4, 0.5) is 0 Å². The molecule has 16 heavy (non-hydrogen) atoms. The zero-order valence-electron chi connectivity index (χ0n) is 9.22. The zero-order valence-corrected chi connectivity index (χ0v) is 9.22. The molecule has 0 aliphatic heterocycles. The summed E-state index contributed by atoms with van der Waals surface area (Å²) in [6.07, 6.45) is -0.660. The first-order valence-corrected chi connectivity index (χ1v) is 5.16. The quantitative estimate of drug-likeness (QED) is 0.793. The predicted molar refractivity (Wildman–Crippen MR) is 59.0 cm³/mol. The molecule has 1 aromatic carbocycles. The Labute approximate surface area is 95.0 Å². The SMILES string of the molecule is CCOc1cccc(C(C#N)OCCO)c1. The van der Waals surface area contributed by atoms with E-state index in [-0.39, 0.29) is 13.2 Å². The van der Waals surface area contributed by atoms with Gasteiger partial charge in [-0.3, -0.25) is 0 Å². The Morgan fingerprint density at radius 1 is 1.50 bits per heavy atom. The van der Waals surface area contributed by atoms with Gasteiger partial charge in [-0.15, -0.1) is 0 Å². The third-order valence-corrected chi connectivity index (χ3v) is 1.96. The van der Waals surface area contributed by atoms with Crippen LogP contribution in [-0.2, 0) is 4.74 Å². The third-order valence-electron chi connectivity index (χ3n) is 1.96. The molecule has 1 aromatic rings. The van der Waals surface area contributed by atoms with E-state index in [1.165, 1.54) is 0 Å². The second-order valence-electron chi connectivity index (χ2n) is 3.11. The standard InChI is InChI=1S/C12H15NO3/c1-2-15-11-5-3-4-10(8-11)12(9-13)16-7-6-14/h3-5,8,12,14H,2,6-7H2,1H3. The van der Waals surface area contributed by atoms with Crippen molar-refractivity contribution in [3.63, 3.8) is 0 Å². The number of aliphatic hydroxyl groups is 1. The molecule has 0 fully saturated rings. The van der Waals surface area contributed by atoms with Crippen LogP contribution in [0.2, 0.25) is 0 Å². The molecule has 0 spiro atoms. The fourth-order valence-electron chi connectivity index (χ4n) is 1.31. The van der Waals surface area contributed by atoms with E-state index < -0.39 is 6.10 Å². The van der Waals surface area contributed by atoms with E-state index in [1.54, 1.807) is 12.1 Å². The maximum atomic E-state index is 8.93. The summed E-state index contributed by atoms with van der Waals surface area (Å²) in [5, 5.41) is 17.6. The van der Waals surface area contributed by atoms with Crippen LogP contribution >= 0.6 is 0 Å². The molecule has 0 amide bonds. The van der Waals surface area contributed by atoms with Crippen LogP contribution in [0.25, 0.3) is 0 Å². The van der Waals surface area contributed by atoms with Gasteiger partial charge in [-0.05, 0) is 24.6 Å². The maximum absolute atomic E-state index is 8.93. The molecule has 0 saturated heterocycles. The van der Waals surface area contributed by atoms with Crippen LogP contribution in [0.1, 0.15) is 18.6 Å². The number of rotatable bonds is 6. The molecule has 86 valence electrons. The number of hydrogen-bond acceptors (Lipinski definition) is 4. The normalized spacial score (nSPS) is 11.8. The van der Waals surface area contributed by atoms with E-state index in [4.69, 9.17) is 19.8 Å². The van der Waals surface area contributed by atoms with E-state index in [0.29, 0.717) is 12.4 Å². The van der Waals surface area contributed by atoms with Crippen molar-refractivity contribution in [2.24, 2.45) is 0 Å². The minimum Gasteiger partial charge on any atom is -0.494 e. The van der Waals surface area contributed by atoms with Gasteiger partial charge in [0, 0.05) is 0 Å². The lowest BCUT2D eigenvalue weighted by molar-refractivity contribution is 0.0580. The van der Waals surface area contributed by atoms with Crippen molar-refractivity contribution in [2.75, 3.05) is 19.8 Å². The monoisotopic (exact) mass is 221 g/mol. The molecule has 1 N–H and O–H groups in total. The summed E-state index contributed by atoms with van der Waals surface area (Å²) in [6, 6.07) is 9.24. The van der Waals surface area contributed by atoms with Crippen molar-refractivity contribution in [1.29, 1.82) is 5.26 Å². The minimum absolute atomic E-state index is 0.0939. The first-order valence-electron chi connectivity index (χ1n) is 5.16. The summed E-state index contributed by atoms with van der Waals surface area (Å²) in [6.45, 7) is 2.54. The Morgan fingerprint density at radius 2 is 2.31 bits per heavy atom. The van der Waals surface area contributed by atoms with Crippen molar-refractivity contribution < 1.29 is 14.6 Å². The number of hydrogen-bond donors (Lipinski definition) is 1. The van der Waals surface area contributed by atoms with Gasteiger partial charge in [-0.25, -0.2) is 0 Å². The van der Waals surface area contributed by atoms with Crippen LogP contribution in [-0.4, -0.2) is 24.9 Å². The van der Waals surface area contributed by atoms with Crippen molar-refractivity contribution >= 4 is 0 Å². The number of aliphatic hydroxyl groups excluding tert-OH is 1. The molecule has 4 nitrogen and oxygen atoms in total. The van der Waals surface area contributed by atoms with Crippen LogP contribution in [0.15, 0.2) is 24.3 Å². The summed E-state index contributed by atoms with van der Waals surface area (Å²) in [5.41, 5.74) is 0.738. The number of nitriles is 1. The second kappa shape index (κ2) is 6.83. The molecule has 1 atom stereocenters. The van der Waals surface area contributed by atoms with Gasteiger partial charge < -0.3 is 14.6 Å². The van der Waals surface area contributed by atoms with Gasteiger partial charge >= 0.3 is 0 Å². The second-order valence-corrected chi connectivity index (χ2v) is 3.11. The van der Waals surface area contributed by atoms with E-state index in [0.717, 1.165) is 5.56 Å². The summed E-state index contributed by atoms with van der Waals surface area (Å²) < 4.78 is 10.5. The molecule has 0 radical (unpaired) electrons. The molecule has 0 aromatic heterocycles. The number of benzene rings is 1. The third kappa shape index (κ3) is 3.54. The predicted octanol–water partition coefficient (Wildman–Crippen LogP) is 1.66. The lowest BCUT2D eigenvalue weighted by Crippen LogP contribution is -2.06. The fourth-order valence-corrected chi connectivity index (χ4v) is 1.31. The van der Waals surface area contributed by atoms with Crippen LogP contribution < -0.4 is 4.74 Å². The van der Waals surface area contributed by atoms with E-state index >= 15 is 0 Å². The lowest BCUT2D eigenvalue weighted by atomic mass is 10.1. The van der Waals surface area contributed by atoms with Crippen molar-refractivity contribution in [2.45, 2.75) is 13.0 Å². The van der Waals surface area contributed by atoms with Gasteiger partial charge in [-0.1, -0.05) is 12.1 Å². The van der Waals surface area contributed by atoms with E-state index in [2.05, 4.69) is 0 Å². The van der Waals surface area contributed by atoms with Crippen LogP contribution in [0, 0.1) is 11.3 Å². The van der Waals surface area contributed by atoms with Gasteiger partial charge in [0.2, 0.25) is 0 Å². The topological polar surface area (TPSA) is 62.5 Å². The van der Waals surface area contributed by atoms with Crippen molar-refractivity contribution in [3.05, 3.63) is 29.8 Å². The van der Waals surface area contributed by atoms with Crippen LogP contribution in [0.5, 0.6) is 5.75 Å². The molecule has 0 heterocycles. The smallest absolute Gasteiger partial charge is 0.169 e. The molecule has 0 aliphatic rings. The Hall–Kier alpha value is -1.57. The summed E-state index contributed by atoms with van der Waals surface area (Å²) in [4.78, 5) is 0. The highest BCUT2D eigenvalue weighted by Gasteiger charge is 2.11. The lowest BCUT2D eigenvalue weighted by Gasteiger charge is -2.11. The minimum atomic E-state index is -0.660. The molecular formula is C12H15NO3. The highest BCUT2D eigenvalue weighted by Crippen LogP contribution is 2.21. The van der Waals surface area contributed by atoms with Crippen molar-refractivity contribution in [1.82, 2.24) is 0 Å². The van der Waals surface area contributed by atoms with E-state index in [1.807, 2.05) is 25.1 Å². The molecule has 4 heteroatoms. The summed E-state index contributed by atoms with van der Waals surface area (Å²) in [5.74, 6) is 0.716. The highest BCUT2D eigenvalue weighted by atomic mass is 16.5. The Morgan fingerprint density at radius 3 is 2.94 bits per heavy atom. The molecule has 1 rings (SSSR count). The number of nitrogens with zero attached hydrogens (tertiary/aromatic N) is 1. The van der Waals surface area contributed by atoms with E-state index in [9.17, 15) is 0 Å². The molecule has 0 bridgehead atoms. The van der Waals surface area contributed by atoms with Gasteiger partial charge in [-0.2, -0.15) is 5.26 Å². The Kier molecular flexibility index (Phi) is 5.34. The molecule has 1 unspecified atom stereocenters. The number of ether oxygens (including phenoxy) is 2. The zero-order chi connectivity index (χ0) is 11.8. The first-order chi connectivity index (χ1) is 7.81. The van der Waals surface area contributed by atoms with Gasteiger partial charge in [0.1, 0.15) is 5.75 Å². The van der Waals surface area contributed by atoms with Gasteiger partial charge in [0.25, 0.3) is 0 Å². The average Bonchev–Trinajstić information content (AvgIpc) is 2.31. The Balaban J connectivity index is 2.76. The van der Waals surface area contributed by atoms with Crippen LogP contribution in [0.3, 0.4) is 0 Å². The fraction of sp³-hybridized carbons (Fsp3) is 0.417. The van der Waals surface area contributed by atoms with Gasteiger partial charge in [0.05, 0.1) is 25.9 Å². The maximum Gasteiger partial charge on any atom is 0.169 e. The summed E-state index contributed by atoms with van der Waals surface area (Å²) in [7, 11) is 0. The first kappa shape index (κ1) is 12.5. The van der Waals surface area contributed by atoms with Gasteiger partial charge in [0.15, 0.2) is 6.10 Å². The summed E-state index contributed by atoms with van der Waals surface area (Å²) >= 11 is 0. The highest BCUT2D eigenvalue weighted by molar-refractivity contribution is 5.32. The molecule has 0 aliphatic carbocycles. The van der Waals surface area contributed by atoms with Crippen molar-refractivity contribution in [3.8, 4) is 11.8 Å². The molecular weight excluding hydrogens is 206 g/mol.